The summed E-state index contributed by atoms with van der Waals surface area (Å²) in [6, 6.07) is 9.92. The second-order valence-electron chi connectivity index (χ2n) is 5.29. The van der Waals surface area contributed by atoms with E-state index < -0.39 is 0 Å². The number of thioether (sulfide) groups is 1. The zero-order valence-electron chi connectivity index (χ0n) is 13.2. The van der Waals surface area contributed by atoms with E-state index in [2.05, 4.69) is 10.2 Å². The van der Waals surface area contributed by atoms with Crippen LogP contribution in [0.4, 0.5) is 0 Å². The number of para-hydroxylation sites is 1. The van der Waals surface area contributed by atoms with Crippen LogP contribution in [0.1, 0.15) is 26.6 Å². The van der Waals surface area contributed by atoms with Crippen LogP contribution in [-0.4, -0.2) is 33.1 Å². The lowest BCUT2D eigenvalue weighted by Crippen LogP contribution is -2.12. The van der Waals surface area contributed by atoms with Gasteiger partial charge in [-0.25, -0.2) is 0 Å². The minimum atomic E-state index is -0.223. The van der Waals surface area contributed by atoms with E-state index >= 15 is 0 Å². The lowest BCUT2D eigenvalue weighted by atomic mass is 10.2. The van der Waals surface area contributed by atoms with Crippen LogP contribution in [0, 0.1) is 5.92 Å². The fraction of sp³-hybridized carbons (Fsp3) is 0.438. The molecule has 0 saturated heterocycles. The zero-order chi connectivity index (χ0) is 15.9. The van der Waals surface area contributed by atoms with Gasteiger partial charge in [0.1, 0.15) is 5.82 Å². The van der Waals surface area contributed by atoms with Crippen LogP contribution in [0.15, 0.2) is 35.5 Å². The Morgan fingerprint density at radius 1 is 1.27 bits per heavy atom. The van der Waals surface area contributed by atoms with E-state index in [0.717, 1.165) is 17.9 Å². The molecule has 0 N–H and O–H groups in total. The maximum atomic E-state index is 11.7. The van der Waals surface area contributed by atoms with E-state index in [1.165, 1.54) is 11.8 Å². The molecule has 0 aliphatic rings. The van der Waals surface area contributed by atoms with Crippen LogP contribution < -0.4 is 0 Å². The van der Waals surface area contributed by atoms with E-state index in [4.69, 9.17) is 4.74 Å². The van der Waals surface area contributed by atoms with Crippen LogP contribution >= 0.6 is 11.8 Å². The highest BCUT2D eigenvalue weighted by Gasteiger charge is 2.15. The molecule has 0 saturated carbocycles. The number of carbonyl (C=O) groups excluding carboxylic acids is 1. The highest BCUT2D eigenvalue weighted by Crippen LogP contribution is 2.22. The molecule has 2 rings (SSSR count). The van der Waals surface area contributed by atoms with E-state index in [1.807, 2.05) is 55.7 Å². The summed E-state index contributed by atoms with van der Waals surface area (Å²) in [5, 5.41) is 9.11. The Bertz CT molecular complexity index is 611. The van der Waals surface area contributed by atoms with E-state index in [-0.39, 0.29) is 11.7 Å². The van der Waals surface area contributed by atoms with Crippen molar-refractivity contribution in [1.29, 1.82) is 0 Å². The van der Waals surface area contributed by atoms with Crippen molar-refractivity contribution in [2.45, 2.75) is 32.3 Å². The van der Waals surface area contributed by atoms with Crippen LogP contribution in [0.3, 0.4) is 0 Å². The molecule has 0 atom stereocenters. The van der Waals surface area contributed by atoms with Crippen LogP contribution in [-0.2, 0) is 16.0 Å². The van der Waals surface area contributed by atoms with Gasteiger partial charge in [0.15, 0.2) is 5.16 Å². The third kappa shape index (κ3) is 4.34. The molecule has 0 unspecified atom stereocenters. The highest BCUT2D eigenvalue weighted by atomic mass is 32.2. The third-order valence-corrected chi connectivity index (χ3v) is 3.83. The van der Waals surface area contributed by atoms with Crippen molar-refractivity contribution in [2.24, 2.45) is 5.92 Å². The summed E-state index contributed by atoms with van der Waals surface area (Å²) in [6.45, 7) is 6.51. The first-order chi connectivity index (χ1) is 10.6. The van der Waals surface area contributed by atoms with Gasteiger partial charge in [-0.1, -0.05) is 50.7 Å². The Labute approximate surface area is 135 Å². The molecule has 0 fully saturated rings. The number of hydrogen-bond donors (Lipinski definition) is 0. The van der Waals surface area contributed by atoms with Crippen molar-refractivity contribution in [2.75, 3.05) is 12.4 Å². The summed E-state index contributed by atoms with van der Waals surface area (Å²) >= 11 is 1.35. The molecular weight excluding hydrogens is 298 g/mol. The molecule has 0 spiro atoms. The fourth-order valence-electron chi connectivity index (χ4n) is 1.88. The number of benzene rings is 1. The van der Waals surface area contributed by atoms with Crippen molar-refractivity contribution in [3.63, 3.8) is 0 Å². The van der Waals surface area contributed by atoms with Crippen molar-refractivity contribution in [3.8, 4) is 5.69 Å². The molecule has 118 valence electrons. The second-order valence-corrected chi connectivity index (χ2v) is 6.23. The Balaban J connectivity index is 2.09. The normalized spacial score (nSPS) is 10.9. The van der Waals surface area contributed by atoms with Crippen molar-refractivity contribution < 1.29 is 9.53 Å². The molecule has 1 aromatic heterocycles. The van der Waals surface area contributed by atoms with E-state index in [9.17, 15) is 4.79 Å². The van der Waals surface area contributed by atoms with Gasteiger partial charge in [0, 0.05) is 12.1 Å². The lowest BCUT2D eigenvalue weighted by Gasteiger charge is -2.09. The summed E-state index contributed by atoms with van der Waals surface area (Å²) in [6.07, 6.45) is 0.778. The first-order valence-corrected chi connectivity index (χ1v) is 8.38. The Kier molecular flexibility index (Phi) is 6.00. The molecule has 5 nitrogen and oxygen atoms in total. The predicted octanol–water partition coefficient (Wildman–Crippen LogP) is 3.12. The van der Waals surface area contributed by atoms with Gasteiger partial charge < -0.3 is 4.74 Å². The van der Waals surface area contributed by atoms with Crippen molar-refractivity contribution in [1.82, 2.24) is 14.8 Å². The van der Waals surface area contributed by atoms with Gasteiger partial charge in [-0.2, -0.15) is 0 Å². The SMILES string of the molecule is CCc1nnc(SCC(=O)OCC(C)C)n1-c1ccccc1. The minimum absolute atomic E-state index is 0.223. The molecule has 2 aromatic rings. The summed E-state index contributed by atoms with van der Waals surface area (Å²) < 4.78 is 7.17. The van der Waals surface area contributed by atoms with Gasteiger partial charge in [0.05, 0.1) is 12.4 Å². The van der Waals surface area contributed by atoms with Gasteiger partial charge in [-0.05, 0) is 18.1 Å². The third-order valence-electron chi connectivity index (χ3n) is 2.93. The highest BCUT2D eigenvalue weighted by molar-refractivity contribution is 7.99. The number of ether oxygens (including phenoxy) is 1. The number of esters is 1. The maximum Gasteiger partial charge on any atom is 0.316 e. The van der Waals surface area contributed by atoms with Gasteiger partial charge in [-0.15, -0.1) is 10.2 Å². The largest absolute Gasteiger partial charge is 0.465 e. The van der Waals surface area contributed by atoms with E-state index in [1.54, 1.807) is 0 Å². The summed E-state index contributed by atoms with van der Waals surface area (Å²) in [7, 11) is 0. The van der Waals surface area contributed by atoms with Gasteiger partial charge in [0.25, 0.3) is 0 Å². The maximum absolute atomic E-state index is 11.7. The summed E-state index contributed by atoms with van der Waals surface area (Å²) in [5.74, 6) is 1.23. The number of nitrogens with zero attached hydrogens (tertiary/aromatic N) is 3. The first kappa shape index (κ1) is 16.5. The molecule has 1 aromatic carbocycles. The van der Waals surface area contributed by atoms with Crippen molar-refractivity contribution >= 4 is 17.7 Å². The molecule has 0 amide bonds. The predicted molar refractivity (Wildman–Crippen MR) is 87.3 cm³/mol. The standard InChI is InChI=1S/C16H21N3O2S/c1-4-14-17-18-16(19(14)13-8-6-5-7-9-13)22-11-15(20)21-10-12(2)3/h5-9,12H,4,10-11H2,1-3H3. The first-order valence-electron chi connectivity index (χ1n) is 7.40. The molecular formula is C16H21N3O2S. The van der Waals surface area contributed by atoms with Gasteiger partial charge >= 0.3 is 5.97 Å². The molecule has 0 radical (unpaired) electrons. The molecule has 0 aliphatic heterocycles. The number of aromatic nitrogens is 3. The minimum Gasteiger partial charge on any atom is -0.465 e. The number of aryl methyl sites for hydroxylation is 1. The van der Waals surface area contributed by atoms with Crippen LogP contribution in [0.25, 0.3) is 5.69 Å². The smallest absolute Gasteiger partial charge is 0.316 e. The lowest BCUT2D eigenvalue weighted by molar-refractivity contribution is -0.141. The monoisotopic (exact) mass is 319 g/mol. The van der Waals surface area contributed by atoms with Crippen LogP contribution in [0.5, 0.6) is 0 Å². The van der Waals surface area contributed by atoms with Crippen LogP contribution in [0.2, 0.25) is 0 Å². The average Bonchev–Trinajstić information content (AvgIpc) is 2.94. The summed E-state index contributed by atoms with van der Waals surface area (Å²) in [5.41, 5.74) is 1.00. The summed E-state index contributed by atoms with van der Waals surface area (Å²) in [4.78, 5) is 11.7. The molecule has 22 heavy (non-hydrogen) atoms. The molecule has 1 heterocycles. The van der Waals surface area contributed by atoms with Crippen molar-refractivity contribution in [3.05, 3.63) is 36.2 Å². The fourth-order valence-corrected chi connectivity index (χ4v) is 2.65. The Morgan fingerprint density at radius 2 is 2.00 bits per heavy atom. The van der Waals surface area contributed by atoms with Gasteiger partial charge in [0.2, 0.25) is 0 Å². The zero-order valence-corrected chi connectivity index (χ0v) is 14.0. The quantitative estimate of drug-likeness (QED) is 0.580. The molecule has 6 heteroatoms. The Morgan fingerprint density at radius 3 is 2.64 bits per heavy atom. The second kappa shape index (κ2) is 7.98. The average molecular weight is 319 g/mol. The van der Waals surface area contributed by atoms with Gasteiger partial charge in [-0.3, -0.25) is 9.36 Å². The Hall–Kier alpha value is -1.82. The van der Waals surface area contributed by atoms with E-state index in [0.29, 0.717) is 17.7 Å². The number of rotatable bonds is 7. The molecule has 0 bridgehead atoms. The number of hydrogen-bond acceptors (Lipinski definition) is 5. The number of carbonyl (C=O) groups is 1. The topological polar surface area (TPSA) is 57.0 Å². The molecule has 0 aliphatic carbocycles.